The van der Waals surface area contributed by atoms with Crippen LogP contribution in [0.1, 0.15) is 19.3 Å². The molecule has 0 bridgehead atoms. The van der Waals surface area contributed by atoms with E-state index in [2.05, 4.69) is 9.88 Å². The Morgan fingerprint density at radius 1 is 1.12 bits per heavy atom. The zero-order valence-electron chi connectivity index (χ0n) is 18.8. The van der Waals surface area contributed by atoms with Gasteiger partial charge in [0.1, 0.15) is 17.2 Å². The molecule has 5 nitrogen and oxygen atoms in total. The largest absolute Gasteiger partial charge is 0.379 e. The normalized spacial score (nSPS) is 14.2. The summed E-state index contributed by atoms with van der Waals surface area (Å²) in [7, 11) is 0. The number of hydrogen-bond donors (Lipinski definition) is 0. The van der Waals surface area contributed by atoms with Gasteiger partial charge in [0.2, 0.25) is 5.91 Å². The lowest BCUT2D eigenvalue weighted by Gasteiger charge is -2.27. The van der Waals surface area contributed by atoms with Crippen molar-refractivity contribution in [2.45, 2.75) is 24.2 Å². The molecule has 184 valence electrons. The first-order valence-electron chi connectivity index (χ1n) is 11.1. The van der Waals surface area contributed by atoms with Crippen LogP contribution in [-0.2, 0) is 9.53 Å². The molecule has 2 aromatic carbocycles. The van der Waals surface area contributed by atoms with Gasteiger partial charge in [0.25, 0.3) is 0 Å². The highest BCUT2D eigenvalue weighted by atomic mass is 35.5. The number of hydrogen-bond acceptors (Lipinski definition) is 6. The molecule has 34 heavy (non-hydrogen) atoms. The minimum Gasteiger partial charge on any atom is -0.379 e. The lowest BCUT2D eigenvalue weighted by atomic mass is 10.2. The molecule has 0 N–H and O–H groups in total. The first-order chi connectivity index (χ1) is 16.1. The summed E-state index contributed by atoms with van der Waals surface area (Å²) < 4.78 is 33.4. The number of halogens is 3. The number of rotatable bonds is 10. The van der Waals surface area contributed by atoms with Crippen molar-refractivity contribution in [2.24, 2.45) is 0 Å². The van der Waals surface area contributed by atoms with E-state index in [-0.39, 0.29) is 29.9 Å². The van der Waals surface area contributed by atoms with E-state index in [0.29, 0.717) is 30.0 Å². The first kappa shape index (κ1) is 26.8. The van der Waals surface area contributed by atoms with Crippen molar-refractivity contribution in [1.82, 2.24) is 9.88 Å². The Balaban J connectivity index is 0.00000324. The molecule has 3 aromatic rings. The smallest absolute Gasteiger partial charge is 0.228 e. The van der Waals surface area contributed by atoms with Crippen LogP contribution >= 0.6 is 35.5 Å². The fourth-order valence-corrected chi connectivity index (χ4v) is 5.58. The molecule has 10 heteroatoms. The van der Waals surface area contributed by atoms with Gasteiger partial charge in [-0.1, -0.05) is 17.4 Å². The summed E-state index contributed by atoms with van der Waals surface area (Å²) in [6.07, 6.45) is 1.89. The topological polar surface area (TPSA) is 45.7 Å². The molecule has 1 amide bonds. The lowest BCUT2D eigenvalue weighted by Crippen LogP contribution is -2.39. The molecular weight excluding hydrogens is 500 g/mol. The number of amides is 1. The van der Waals surface area contributed by atoms with Gasteiger partial charge in [-0.05, 0) is 55.0 Å². The number of carbonyl (C=O) groups excluding carboxylic acids is 1. The van der Waals surface area contributed by atoms with E-state index in [4.69, 9.17) is 4.74 Å². The van der Waals surface area contributed by atoms with Gasteiger partial charge >= 0.3 is 0 Å². The third-order valence-electron chi connectivity index (χ3n) is 5.47. The van der Waals surface area contributed by atoms with Crippen LogP contribution in [0.3, 0.4) is 0 Å². The van der Waals surface area contributed by atoms with Gasteiger partial charge in [-0.15, -0.1) is 24.2 Å². The van der Waals surface area contributed by atoms with E-state index >= 15 is 0 Å². The quantitative estimate of drug-likeness (QED) is 0.253. The Hall–Kier alpha value is -1.78. The van der Waals surface area contributed by atoms with Gasteiger partial charge < -0.3 is 4.74 Å². The van der Waals surface area contributed by atoms with Crippen LogP contribution in [-0.4, -0.2) is 60.9 Å². The van der Waals surface area contributed by atoms with Crippen LogP contribution in [0.25, 0.3) is 10.2 Å². The van der Waals surface area contributed by atoms with Gasteiger partial charge in [-0.2, -0.15) is 0 Å². The average Bonchev–Trinajstić information content (AvgIpc) is 3.26. The molecule has 0 saturated carbocycles. The van der Waals surface area contributed by atoms with Crippen LogP contribution in [0.4, 0.5) is 13.9 Å². The number of aromatic nitrogens is 1. The van der Waals surface area contributed by atoms with Crippen LogP contribution in [0.5, 0.6) is 0 Å². The molecule has 1 aliphatic rings. The molecule has 1 aliphatic heterocycles. The number of benzene rings is 2. The number of nitrogens with zero attached hydrogens (tertiary/aromatic N) is 3. The van der Waals surface area contributed by atoms with Gasteiger partial charge in [-0.3, -0.25) is 14.6 Å². The Kier molecular flexibility index (Phi) is 10.5. The molecule has 0 atom stereocenters. The number of carbonyl (C=O) groups is 1. The molecule has 1 saturated heterocycles. The second-order valence-corrected chi connectivity index (χ2v) is 10.0. The first-order valence-corrected chi connectivity index (χ1v) is 12.9. The van der Waals surface area contributed by atoms with Crippen LogP contribution < -0.4 is 4.90 Å². The maximum absolute atomic E-state index is 14.2. The second-order valence-electron chi connectivity index (χ2n) is 7.84. The number of morpholine rings is 1. The highest BCUT2D eigenvalue weighted by molar-refractivity contribution is 7.99. The van der Waals surface area contributed by atoms with Crippen molar-refractivity contribution >= 4 is 56.8 Å². The third kappa shape index (κ3) is 7.36. The summed E-state index contributed by atoms with van der Waals surface area (Å²) in [5.41, 5.74) is 0.315. The van der Waals surface area contributed by atoms with Crippen molar-refractivity contribution in [1.29, 1.82) is 0 Å². The van der Waals surface area contributed by atoms with Crippen molar-refractivity contribution in [3.05, 3.63) is 54.1 Å². The zero-order chi connectivity index (χ0) is 23.0. The molecule has 4 rings (SSSR count). The highest BCUT2D eigenvalue weighted by Gasteiger charge is 2.21. The molecule has 2 heterocycles. The standard InChI is InChI=1S/C24H27F2N3O2S2.ClH/c25-18-7-9-19(10-8-18)32-17-2-6-22(30)29(12-3-11-28-13-15-31-16-14-28)24-27-23-20(26)4-1-5-21(23)33-24;/h1,4-5,7-10H,2-3,6,11-17H2;1H. The van der Waals surface area contributed by atoms with Crippen LogP contribution in [0.2, 0.25) is 0 Å². The Bertz CT molecular complexity index is 1060. The van der Waals surface area contributed by atoms with E-state index in [1.807, 2.05) is 6.07 Å². The summed E-state index contributed by atoms with van der Waals surface area (Å²) in [6.45, 7) is 4.72. The predicted molar refractivity (Wildman–Crippen MR) is 137 cm³/mol. The predicted octanol–water partition coefficient (Wildman–Crippen LogP) is 5.62. The van der Waals surface area contributed by atoms with Gasteiger partial charge in [0.15, 0.2) is 5.13 Å². The van der Waals surface area contributed by atoms with Gasteiger partial charge in [0.05, 0.1) is 17.9 Å². The maximum atomic E-state index is 14.2. The SMILES string of the molecule is Cl.O=C(CCCSc1ccc(F)cc1)N(CCCN1CCOCC1)c1nc2c(F)cccc2s1. The maximum Gasteiger partial charge on any atom is 0.228 e. The van der Waals surface area contributed by atoms with Crippen molar-refractivity contribution in [3.63, 3.8) is 0 Å². The van der Waals surface area contributed by atoms with E-state index in [1.165, 1.54) is 29.5 Å². The molecule has 0 spiro atoms. The lowest BCUT2D eigenvalue weighted by molar-refractivity contribution is -0.118. The van der Waals surface area contributed by atoms with E-state index < -0.39 is 0 Å². The summed E-state index contributed by atoms with van der Waals surface area (Å²) in [6, 6.07) is 11.3. The fourth-order valence-electron chi connectivity index (χ4n) is 3.70. The molecule has 0 aliphatic carbocycles. The minimum absolute atomic E-state index is 0. The fraction of sp³-hybridized carbons (Fsp3) is 0.417. The Morgan fingerprint density at radius 3 is 2.62 bits per heavy atom. The van der Waals surface area contributed by atoms with Crippen molar-refractivity contribution in [2.75, 3.05) is 50.0 Å². The summed E-state index contributed by atoms with van der Waals surface area (Å²) in [5, 5.41) is 0.549. The van der Waals surface area contributed by atoms with Crippen LogP contribution in [0, 0.1) is 11.6 Å². The third-order valence-corrected chi connectivity index (χ3v) is 7.61. The van der Waals surface area contributed by atoms with Crippen LogP contribution in [0.15, 0.2) is 47.4 Å². The van der Waals surface area contributed by atoms with E-state index in [0.717, 1.165) is 54.6 Å². The Labute approximate surface area is 212 Å². The molecule has 1 fully saturated rings. The number of para-hydroxylation sites is 1. The van der Waals surface area contributed by atoms with E-state index in [1.54, 1.807) is 34.9 Å². The molecular formula is C24H28ClF2N3O2S2. The number of anilines is 1. The average molecular weight is 528 g/mol. The zero-order valence-corrected chi connectivity index (χ0v) is 21.2. The summed E-state index contributed by atoms with van der Waals surface area (Å²) >= 11 is 2.95. The number of fused-ring (bicyclic) bond motifs is 1. The summed E-state index contributed by atoms with van der Waals surface area (Å²) in [5.74, 6) is 0.130. The highest BCUT2D eigenvalue weighted by Crippen LogP contribution is 2.31. The monoisotopic (exact) mass is 527 g/mol. The van der Waals surface area contributed by atoms with Gasteiger partial charge in [0, 0.05) is 37.5 Å². The molecule has 0 radical (unpaired) electrons. The van der Waals surface area contributed by atoms with Crippen molar-refractivity contribution < 1.29 is 18.3 Å². The number of thiazole rings is 1. The van der Waals surface area contributed by atoms with Crippen molar-refractivity contribution in [3.8, 4) is 0 Å². The Morgan fingerprint density at radius 2 is 1.88 bits per heavy atom. The minimum atomic E-state index is -0.369. The van der Waals surface area contributed by atoms with E-state index in [9.17, 15) is 13.6 Å². The molecule has 0 unspecified atom stereocenters. The van der Waals surface area contributed by atoms with Gasteiger partial charge in [-0.25, -0.2) is 13.8 Å². The second kappa shape index (κ2) is 13.3. The number of ether oxygens (including phenoxy) is 1. The molecule has 1 aromatic heterocycles. The summed E-state index contributed by atoms with van der Waals surface area (Å²) in [4.78, 5) is 22.6. The number of thioether (sulfide) groups is 1.